The average Bonchev–Trinajstić information content (AvgIpc) is 3.21. The number of hydrogen-bond acceptors (Lipinski definition) is 5. The van der Waals surface area contributed by atoms with Crippen molar-refractivity contribution in [3.05, 3.63) is 59.8 Å². The summed E-state index contributed by atoms with van der Waals surface area (Å²) in [5, 5.41) is 12.8. The third-order valence-electron chi connectivity index (χ3n) is 4.15. The Labute approximate surface area is 144 Å². The number of rotatable bonds is 3. The zero-order valence-corrected chi connectivity index (χ0v) is 13.8. The molecule has 0 saturated heterocycles. The van der Waals surface area contributed by atoms with Crippen LogP contribution in [0.3, 0.4) is 0 Å². The first kappa shape index (κ1) is 15.1. The lowest BCUT2D eigenvalue weighted by Crippen LogP contribution is -2.08. The minimum atomic E-state index is -0.155. The quantitative estimate of drug-likeness (QED) is 0.641. The largest absolute Gasteiger partial charge is 0.342 e. The van der Waals surface area contributed by atoms with Gasteiger partial charge < -0.3 is 10.6 Å². The molecule has 124 valence electrons. The van der Waals surface area contributed by atoms with E-state index in [9.17, 15) is 4.79 Å². The van der Waals surface area contributed by atoms with Gasteiger partial charge in [0.15, 0.2) is 5.82 Å². The van der Waals surface area contributed by atoms with E-state index in [1.165, 1.54) is 0 Å². The van der Waals surface area contributed by atoms with Crippen LogP contribution in [0.4, 0.5) is 11.5 Å². The van der Waals surface area contributed by atoms with Gasteiger partial charge in [-0.25, -0.2) is 0 Å². The summed E-state index contributed by atoms with van der Waals surface area (Å²) in [4.78, 5) is 21.1. The van der Waals surface area contributed by atoms with Crippen molar-refractivity contribution < 1.29 is 4.79 Å². The fourth-order valence-corrected chi connectivity index (χ4v) is 2.91. The molecule has 1 amide bonds. The van der Waals surface area contributed by atoms with Crippen molar-refractivity contribution in [3.8, 4) is 11.3 Å². The number of allylic oxidation sites excluding steroid dienone is 1. The van der Waals surface area contributed by atoms with Crippen molar-refractivity contribution in [1.82, 2.24) is 20.2 Å². The van der Waals surface area contributed by atoms with Gasteiger partial charge in [-0.1, -0.05) is 0 Å². The predicted octanol–water partition coefficient (Wildman–Crippen LogP) is 2.97. The Morgan fingerprint density at radius 2 is 2.08 bits per heavy atom. The van der Waals surface area contributed by atoms with E-state index in [4.69, 9.17) is 0 Å². The number of hydrogen-bond donors (Lipinski definition) is 3. The molecule has 1 aliphatic rings. The van der Waals surface area contributed by atoms with Crippen LogP contribution in [0.25, 0.3) is 16.8 Å². The molecule has 25 heavy (non-hydrogen) atoms. The van der Waals surface area contributed by atoms with Gasteiger partial charge in [-0.3, -0.25) is 19.9 Å². The number of nitrogens with zero attached hydrogens (tertiary/aromatic N) is 3. The molecule has 0 bridgehead atoms. The number of H-pyrrole nitrogens is 1. The highest BCUT2D eigenvalue weighted by Crippen LogP contribution is 2.36. The molecular formula is C18H16N6O. The maximum atomic E-state index is 12.4. The second-order valence-electron chi connectivity index (χ2n) is 5.84. The molecule has 0 unspecified atom stereocenters. The molecule has 3 aromatic heterocycles. The average molecular weight is 332 g/mol. The fraction of sp³-hybridized carbons (Fsp3) is 0.111. The van der Waals surface area contributed by atoms with Gasteiger partial charge in [-0.15, -0.1) is 0 Å². The number of carbonyl (C=O) groups excluding carboxylic acids is 1. The van der Waals surface area contributed by atoms with Crippen LogP contribution in [0.5, 0.6) is 0 Å². The maximum absolute atomic E-state index is 12.4. The maximum Gasteiger partial charge on any atom is 0.258 e. The van der Waals surface area contributed by atoms with Gasteiger partial charge in [0.1, 0.15) is 0 Å². The number of pyridine rings is 2. The first-order valence-electron chi connectivity index (χ1n) is 7.84. The summed E-state index contributed by atoms with van der Waals surface area (Å²) in [6.45, 7) is 3.87. The van der Waals surface area contributed by atoms with E-state index in [1.807, 2.05) is 26.0 Å². The molecule has 4 heterocycles. The lowest BCUT2D eigenvalue weighted by Gasteiger charge is -2.09. The smallest absolute Gasteiger partial charge is 0.258 e. The van der Waals surface area contributed by atoms with Crippen LogP contribution in [-0.4, -0.2) is 26.1 Å². The number of nitrogens with one attached hydrogen (secondary N) is 3. The van der Waals surface area contributed by atoms with E-state index in [-0.39, 0.29) is 5.91 Å². The minimum Gasteiger partial charge on any atom is -0.342 e. The summed E-state index contributed by atoms with van der Waals surface area (Å²) in [6.07, 6.45) is 6.94. The molecule has 0 fully saturated rings. The molecule has 0 spiro atoms. The fourth-order valence-electron chi connectivity index (χ4n) is 2.91. The second-order valence-corrected chi connectivity index (χ2v) is 5.84. The van der Waals surface area contributed by atoms with E-state index in [0.717, 1.165) is 28.1 Å². The highest BCUT2D eigenvalue weighted by Gasteiger charge is 2.27. The molecular weight excluding hydrogens is 316 g/mol. The Balaban J connectivity index is 1.80. The van der Waals surface area contributed by atoms with Crippen molar-refractivity contribution in [1.29, 1.82) is 0 Å². The molecule has 0 radical (unpaired) electrons. The lowest BCUT2D eigenvalue weighted by atomic mass is 10.0. The number of carbonyl (C=O) groups is 1. The van der Waals surface area contributed by atoms with Crippen molar-refractivity contribution in [2.24, 2.45) is 0 Å². The molecule has 0 atom stereocenters. The van der Waals surface area contributed by atoms with Crippen LogP contribution in [0.1, 0.15) is 18.1 Å². The third-order valence-corrected chi connectivity index (χ3v) is 4.15. The monoisotopic (exact) mass is 332 g/mol. The highest BCUT2D eigenvalue weighted by atomic mass is 16.2. The molecule has 7 nitrogen and oxygen atoms in total. The summed E-state index contributed by atoms with van der Waals surface area (Å²) in [5.74, 6) is 0.501. The van der Waals surface area contributed by atoms with E-state index in [1.54, 1.807) is 30.9 Å². The van der Waals surface area contributed by atoms with Gasteiger partial charge in [0.2, 0.25) is 0 Å². The van der Waals surface area contributed by atoms with Crippen LogP contribution < -0.4 is 10.6 Å². The molecule has 3 N–H and O–H groups in total. The number of aryl methyl sites for hydroxylation is 1. The van der Waals surface area contributed by atoms with Crippen molar-refractivity contribution >= 4 is 23.0 Å². The van der Waals surface area contributed by atoms with Crippen molar-refractivity contribution in [2.45, 2.75) is 13.8 Å². The number of aromatic amines is 1. The predicted molar refractivity (Wildman–Crippen MR) is 95.6 cm³/mol. The van der Waals surface area contributed by atoms with Gasteiger partial charge in [0.05, 0.1) is 23.2 Å². The van der Waals surface area contributed by atoms with Gasteiger partial charge in [0.25, 0.3) is 5.91 Å². The molecule has 3 aromatic rings. The number of fused-ring (bicyclic) bond motifs is 1. The zero-order chi connectivity index (χ0) is 17.4. The van der Waals surface area contributed by atoms with Gasteiger partial charge in [-0.2, -0.15) is 5.10 Å². The Morgan fingerprint density at radius 1 is 1.20 bits per heavy atom. The van der Waals surface area contributed by atoms with Crippen molar-refractivity contribution in [2.75, 3.05) is 10.6 Å². The highest BCUT2D eigenvalue weighted by molar-refractivity contribution is 6.32. The molecule has 1 aliphatic heterocycles. The Bertz CT molecular complexity index is 991. The third kappa shape index (κ3) is 2.65. The Morgan fingerprint density at radius 3 is 2.84 bits per heavy atom. The molecule has 0 aliphatic carbocycles. The summed E-state index contributed by atoms with van der Waals surface area (Å²) in [5.41, 5.74) is 5.64. The number of anilines is 2. The topological polar surface area (TPSA) is 95.6 Å². The molecule has 0 aromatic carbocycles. The van der Waals surface area contributed by atoms with E-state index >= 15 is 0 Å². The number of aromatic nitrogens is 4. The minimum absolute atomic E-state index is 0.155. The van der Waals surface area contributed by atoms with Gasteiger partial charge in [0, 0.05) is 41.5 Å². The lowest BCUT2D eigenvalue weighted by molar-refractivity contribution is -0.110. The SMILES string of the molecule is C/C(Nc1cc[nH]n1)=C1/C(=O)Nc2cnc(-c3cnccc3C)cc21. The molecule has 0 saturated carbocycles. The van der Waals surface area contributed by atoms with Crippen LogP contribution in [0.15, 0.2) is 48.7 Å². The van der Waals surface area contributed by atoms with Crippen LogP contribution >= 0.6 is 0 Å². The summed E-state index contributed by atoms with van der Waals surface area (Å²) in [7, 11) is 0. The van der Waals surface area contributed by atoms with E-state index < -0.39 is 0 Å². The normalized spacial score (nSPS) is 14.9. The van der Waals surface area contributed by atoms with Crippen molar-refractivity contribution in [3.63, 3.8) is 0 Å². The van der Waals surface area contributed by atoms with Crippen LogP contribution in [-0.2, 0) is 4.79 Å². The Kier molecular flexibility index (Phi) is 3.53. The zero-order valence-electron chi connectivity index (χ0n) is 13.8. The van der Waals surface area contributed by atoms with Crippen LogP contribution in [0.2, 0.25) is 0 Å². The summed E-state index contributed by atoms with van der Waals surface area (Å²) in [6, 6.07) is 5.66. The summed E-state index contributed by atoms with van der Waals surface area (Å²) < 4.78 is 0. The van der Waals surface area contributed by atoms with Crippen LogP contribution in [0, 0.1) is 6.92 Å². The van der Waals surface area contributed by atoms with E-state index in [2.05, 4.69) is 30.8 Å². The molecule has 7 heteroatoms. The first-order valence-corrected chi connectivity index (χ1v) is 7.84. The van der Waals surface area contributed by atoms with E-state index in [0.29, 0.717) is 17.1 Å². The Hall–Kier alpha value is -3.48. The molecule has 4 rings (SSSR count). The second kappa shape index (κ2) is 5.86. The first-order chi connectivity index (χ1) is 12.1. The summed E-state index contributed by atoms with van der Waals surface area (Å²) >= 11 is 0. The van der Waals surface area contributed by atoms with Gasteiger partial charge >= 0.3 is 0 Å². The van der Waals surface area contributed by atoms with Gasteiger partial charge in [-0.05, 0) is 31.5 Å². The standard InChI is InChI=1S/C18H16N6O/c1-10-3-5-19-8-13(10)14-7-12-15(9-20-14)23-18(25)17(12)11(2)22-16-4-6-21-24-16/h3-9H,1-2H3,(H,23,25)(H2,21,22,24)/b17-11-. The number of amides is 1.